The molecule has 0 bridgehead atoms. The van der Waals surface area contributed by atoms with Gasteiger partial charge in [0.05, 0.1) is 12.2 Å². The van der Waals surface area contributed by atoms with Crippen molar-refractivity contribution in [1.82, 2.24) is 9.97 Å². The summed E-state index contributed by atoms with van der Waals surface area (Å²) in [5.41, 5.74) is 2.84. The van der Waals surface area contributed by atoms with Crippen LogP contribution in [0.15, 0.2) is 45.5 Å². The van der Waals surface area contributed by atoms with Gasteiger partial charge in [0.15, 0.2) is 10.9 Å². The molecule has 7 heteroatoms. The van der Waals surface area contributed by atoms with Crippen LogP contribution in [0.3, 0.4) is 0 Å². The molecular formula is C24H29N3O3S. The Labute approximate surface area is 186 Å². The van der Waals surface area contributed by atoms with E-state index in [9.17, 15) is 9.59 Å². The summed E-state index contributed by atoms with van der Waals surface area (Å²) >= 11 is 1.56. The van der Waals surface area contributed by atoms with Crippen molar-refractivity contribution in [3.8, 4) is 5.75 Å². The second-order valence-corrected chi connectivity index (χ2v) is 9.48. The van der Waals surface area contributed by atoms with Gasteiger partial charge < -0.3 is 15.0 Å². The number of benzene rings is 1. The van der Waals surface area contributed by atoms with E-state index in [0.29, 0.717) is 41.1 Å². The van der Waals surface area contributed by atoms with Crippen molar-refractivity contribution in [2.45, 2.75) is 57.5 Å². The lowest BCUT2D eigenvalue weighted by Crippen LogP contribution is -2.32. The number of aromatic nitrogens is 2. The van der Waals surface area contributed by atoms with Gasteiger partial charge >= 0.3 is 0 Å². The van der Waals surface area contributed by atoms with Crippen molar-refractivity contribution in [3.05, 3.63) is 57.0 Å². The third kappa shape index (κ3) is 4.56. The van der Waals surface area contributed by atoms with E-state index in [0.717, 1.165) is 42.0 Å². The Morgan fingerprint density at radius 1 is 1.19 bits per heavy atom. The number of nitrogens with zero attached hydrogens (tertiary/aromatic N) is 1. The molecule has 1 unspecified atom stereocenters. The van der Waals surface area contributed by atoms with Crippen molar-refractivity contribution in [2.75, 3.05) is 17.7 Å². The van der Waals surface area contributed by atoms with E-state index in [1.54, 1.807) is 11.8 Å². The van der Waals surface area contributed by atoms with Gasteiger partial charge in [-0.25, -0.2) is 4.98 Å². The Balaban J connectivity index is 1.76. The first kappa shape index (κ1) is 21.7. The molecule has 1 aromatic carbocycles. The minimum atomic E-state index is -0.416. The number of fused-ring (bicyclic) bond motifs is 1. The lowest BCUT2D eigenvalue weighted by atomic mass is 9.76. The van der Waals surface area contributed by atoms with E-state index in [4.69, 9.17) is 9.72 Å². The summed E-state index contributed by atoms with van der Waals surface area (Å²) in [5.74, 6) is 2.53. The number of hydrogen-bond donors (Lipinski definition) is 2. The summed E-state index contributed by atoms with van der Waals surface area (Å²) in [7, 11) is 0. The summed E-state index contributed by atoms with van der Waals surface area (Å²) < 4.78 is 5.56. The maximum Gasteiger partial charge on any atom is 0.257 e. The van der Waals surface area contributed by atoms with Crippen LogP contribution in [-0.4, -0.2) is 28.1 Å². The number of thioether (sulfide) groups is 1. The summed E-state index contributed by atoms with van der Waals surface area (Å²) in [6.45, 7) is 6.89. The number of nitrogens with one attached hydrogen (secondary N) is 2. The molecule has 4 rings (SSSR count). The molecule has 2 heterocycles. The van der Waals surface area contributed by atoms with Gasteiger partial charge in [0, 0.05) is 29.4 Å². The third-order valence-electron chi connectivity index (χ3n) is 5.69. The summed E-state index contributed by atoms with van der Waals surface area (Å²) in [4.78, 5) is 33.8. The zero-order valence-corrected chi connectivity index (χ0v) is 19.1. The van der Waals surface area contributed by atoms with Crippen LogP contribution < -0.4 is 15.6 Å². The Hall–Kier alpha value is -2.54. The minimum absolute atomic E-state index is 0.105. The smallest absolute Gasteiger partial charge is 0.257 e. The van der Waals surface area contributed by atoms with Crippen LogP contribution in [0.25, 0.3) is 0 Å². The molecule has 2 aliphatic rings. The number of carbonyl (C=O) groups excluding carboxylic acids is 1. The van der Waals surface area contributed by atoms with Crippen LogP contribution in [0, 0.1) is 5.92 Å². The highest BCUT2D eigenvalue weighted by molar-refractivity contribution is 7.99. The van der Waals surface area contributed by atoms with E-state index >= 15 is 0 Å². The van der Waals surface area contributed by atoms with Crippen LogP contribution >= 0.6 is 11.8 Å². The van der Waals surface area contributed by atoms with E-state index < -0.39 is 5.92 Å². The lowest BCUT2D eigenvalue weighted by Gasteiger charge is -2.32. The van der Waals surface area contributed by atoms with Gasteiger partial charge in [0.25, 0.3) is 5.56 Å². The predicted octanol–water partition coefficient (Wildman–Crippen LogP) is 4.87. The number of Topliss-reactive ketones (excluding diaryl/α,β-unsaturated/α-hetero) is 1. The standard InChI is InChI=1S/C24H29N3O3S/c1-4-30-16-10-8-15(9-11-16)19-20-17(6-5-7-18(20)28)25-22-21(19)23(29)27-24(26-22)31-13-12-14(2)3/h8-11,14,19H,4-7,12-13H2,1-3H3,(H2,25,26,27,29). The number of H-pyrrole nitrogens is 1. The van der Waals surface area contributed by atoms with Crippen molar-refractivity contribution >= 4 is 23.4 Å². The summed E-state index contributed by atoms with van der Waals surface area (Å²) in [5, 5.41) is 3.95. The Kier molecular flexibility index (Phi) is 6.51. The molecule has 1 aliphatic carbocycles. The van der Waals surface area contributed by atoms with Crippen LogP contribution in [0.1, 0.15) is 63.5 Å². The molecule has 0 radical (unpaired) electrons. The summed E-state index contributed by atoms with van der Waals surface area (Å²) in [6.07, 6.45) is 3.17. The first-order valence-electron chi connectivity index (χ1n) is 11.0. The molecule has 164 valence electrons. The lowest BCUT2D eigenvalue weighted by molar-refractivity contribution is -0.116. The van der Waals surface area contributed by atoms with E-state index in [1.807, 2.05) is 31.2 Å². The molecule has 31 heavy (non-hydrogen) atoms. The fraction of sp³-hybridized carbons (Fsp3) is 0.458. The fourth-order valence-corrected chi connectivity index (χ4v) is 5.26. The average molecular weight is 440 g/mol. The summed E-state index contributed by atoms with van der Waals surface area (Å²) in [6, 6.07) is 7.68. The first-order valence-corrected chi connectivity index (χ1v) is 12.0. The van der Waals surface area contributed by atoms with Crippen LogP contribution in [-0.2, 0) is 4.79 Å². The maximum absolute atomic E-state index is 13.2. The van der Waals surface area contributed by atoms with Gasteiger partial charge in [-0.3, -0.25) is 9.59 Å². The molecule has 0 fully saturated rings. The number of hydrogen-bond acceptors (Lipinski definition) is 6. The molecule has 2 aromatic rings. The van der Waals surface area contributed by atoms with Crippen LogP contribution in [0.4, 0.5) is 5.82 Å². The minimum Gasteiger partial charge on any atom is -0.494 e. The Morgan fingerprint density at radius 3 is 2.68 bits per heavy atom. The number of aromatic amines is 1. The average Bonchev–Trinajstić information content (AvgIpc) is 2.73. The molecule has 1 aromatic heterocycles. The van der Waals surface area contributed by atoms with E-state index in [1.165, 1.54) is 0 Å². The zero-order valence-electron chi connectivity index (χ0n) is 18.3. The quantitative estimate of drug-likeness (QED) is 0.473. The number of carbonyl (C=O) groups is 1. The van der Waals surface area contributed by atoms with Gasteiger partial charge in [-0.15, -0.1) is 0 Å². The third-order valence-corrected chi connectivity index (χ3v) is 6.60. The first-order chi connectivity index (χ1) is 15.0. The zero-order chi connectivity index (χ0) is 22.0. The van der Waals surface area contributed by atoms with Gasteiger partial charge in [-0.05, 0) is 49.8 Å². The number of rotatable bonds is 7. The van der Waals surface area contributed by atoms with Gasteiger partial charge in [0.1, 0.15) is 11.6 Å². The van der Waals surface area contributed by atoms with Gasteiger partial charge in [0.2, 0.25) is 0 Å². The molecular weight excluding hydrogens is 410 g/mol. The van der Waals surface area contributed by atoms with Crippen molar-refractivity contribution in [3.63, 3.8) is 0 Å². The van der Waals surface area contributed by atoms with Gasteiger partial charge in [-0.1, -0.05) is 37.7 Å². The molecule has 0 amide bonds. The number of ketones is 1. The fourth-order valence-electron chi connectivity index (χ4n) is 4.16. The highest BCUT2D eigenvalue weighted by Gasteiger charge is 2.37. The Morgan fingerprint density at radius 2 is 1.97 bits per heavy atom. The molecule has 1 aliphatic heterocycles. The molecule has 0 saturated carbocycles. The van der Waals surface area contributed by atoms with Crippen molar-refractivity contribution in [2.24, 2.45) is 5.92 Å². The number of allylic oxidation sites excluding steroid dienone is 2. The van der Waals surface area contributed by atoms with Crippen molar-refractivity contribution in [1.29, 1.82) is 0 Å². The Bertz CT molecular complexity index is 1060. The van der Waals surface area contributed by atoms with E-state index in [2.05, 4.69) is 24.1 Å². The molecule has 0 saturated heterocycles. The molecule has 6 nitrogen and oxygen atoms in total. The highest BCUT2D eigenvalue weighted by atomic mass is 32.2. The second kappa shape index (κ2) is 9.30. The maximum atomic E-state index is 13.2. The molecule has 1 atom stereocenters. The SMILES string of the molecule is CCOc1ccc(C2C3=C(CCCC3=O)Nc3nc(SCCC(C)C)[nH]c(=O)c32)cc1. The van der Waals surface area contributed by atoms with Crippen molar-refractivity contribution < 1.29 is 9.53 Å². The number of ether oxygens (including phenoxy) is 1. The van der Waals surface area contributed by atoms with E-state index in [-0.39, 0.29) is 11.3 Å². The van der Waals surface area contributed by atoms with Crippen LogP contribution in [0.2, 0.25) is 0 Å². The monoisotopic (exact) mass is 439 g/mol. The largest absolute Gasteiger partial charge is 0.494 e. The predicted molar refractivity (Wildman–Crippen MR) is 124 cm³/mol. The van der Waals surface area contributed by atoms with Gasteiger partial charge in [-0.2, -0.15) is 0 Å². The second-order valence-electron chi connectivity index (χ2n) is 8.39. The molecule has 0 spiro atoms. The topological polar surface area (TPSA) is 84.1 Å². The molecule has 2 N–H and O–H groups in total. The number of anilines is 1. The van der Waals surface area contributed by atoms with Crippen LogP contribution in [0.5, 0.6) is 5.75 Å². The highest BCUT2D eigenvalue weighted by Crippen LogP contribution is 2.43. The normalized spacial score (nSPS) is 17.9.